The summed E-state index contributed by atoms with van der Waals surface area (Å²) in [6.45, 7) is 0. The highest BCUT2D eigenvalue weighted by molar-refractivity contribution is 5.07. The van der Waals surface area contributed by atoms with Crippen LogP contribution < -0.4 is 11.3 Å². The molecule has 0 aromatic carbocycles. The minimum Gasteiger partial charge on any atom is -0.271 e. The van der Waals surface area contributed by atoms with Gasteiger partial charge in [0.2, 0.25) is 0 Å². The minimum absolute atomic E-state index is 0.319. The molecule has 3 unspecified atom stereocenters. The zero-order valence-corrected chi connectivity index (χ0v) is 9.50. The van der Waals surface area contributed by atoms with Crippen molar-refractivity contribution in [2.75, 3.05) is 0 Å². The third-order valence-electron chi connectivity index (χ3n) is 4.10. The molecule has 16 heavy (non-hydrogen) atoms. The van der Waals surface area contributed by atoms with E-state index in [-0.39, 0.29) is 0 Å². The lowest BCUT2D eigenvalue weighted by atomic mass is 10.0. The molecule has 1 heterocycles. The predicted molar refractivity (Wildman–Crippen MR) is 57.9 cm³/mol. The van der Waals surface area contributed by atoms with Crippen LogP contribution in [0.3, 0.4) is 0 Å². The van der Waals surface area contributed by atoms with Gasteiger partial charge in [-0.3, -0.25) is 11.3 Å². The quantitative estimate of drug-likeness (QED) is 0.536. The van der Waals surface area contributed by atoms with E-state index in [2.05, 4.69) is 20.8 Å². The molecule has 0 saturated heterocycles. The van der Waals surface area contributed by atoms with Crippen LogP contribution in [0.2, 0.25) is 0 Å². The normalized spacial score (nSPS) is 33.8. The van der Waals surface area contributed by atoms with Gasteiger partial charge < -0.3 is 0 Å². The molecular weight excluding hydrogens is 204 g/mol. The first-order valence-electron chi connectivity index (χ1n) is 5.98. The number of hydrogen-bond acceptors (Lipinski definition) is 5. The van der Waals surface area contributed by atoms with E-state index < -0.39 is 0 Å². The summed E-state index contributed by atoms with van der Waals surface area (Å²) in [5, 5.41) is 12.1. The summed E-state index contributed by atoms with van der Waals surface area (Å²) in [4.78, 5) is 1.50. The average Bonchev–Trinajstić information content (AvgIpc) is 2.70. The van der Waals surface area contributed by atoms with Crippen LogP contribution in [-0.4, -0.2) is 26.2 Å². The van der Waals surface area contributed by atoms with Crippen molar-refractivity contribution in [3.63, 3.8) is 0 Å². The fourth-order valence-electron chi connectivity index (χ4n) is 3.38. The van der Waals surface area contributed by atoms with E-state index in [1.165, 1.54) is 24.1 Å². The molecule has 1 aromatic rings. The van der Waals surface area contributed by atoms with Gasteiger partial charge in [0.25, 0.3) is 0 Å². The van der Waals surface area contributed by atoms with Gasteiger partial charge in [-0.25, -0.2) is 0 Å². The van der Waals surface area contributed by atoms with Crippen molar-refractivity contribution < 1.29 is 0 Å². The maximum atomic E-state index is 5.64. The Kier molecular flexibility index (Phi) is 2.40. The molecule has 0 radical (unpaired) electrons. The number of fused-ring (bicyclic) bond motifs is 1. The summed E-state index contributed by atoms with van der Waals surface area (Å²) in [6, 6.07) is 0.319. The molecule has 1 aromatic heterocycles. The third kappa shape index (κ3) is 1.62. The SMILES string of the molecule is Cn1nnc(CC(NN)C2C3CCCC32)n1. The largest absolute Gasteiger partial charge is 0.271 e. The fraction of sp³-hybridized carbons (Fsp3) is 0.900. The van der Waals surface area contributed by atoms with Gasteiger partial charge in [-0.15, -0.1) is 10.2 Å². The van der Waals surface area contributed by atoms with Crippen molar-refractivity contribution in [2.24, 2.45) is 30.6 Å². The molecule has 2 aliphatic carbocycles. The topological polar surface area (TPSA) is 81.7 Å². The Hall–Kier alpha value is -1.01. The second-order valence-corrected chi connectivity index (χ2v) is 5.01. The van der Waals surface area contributed by atoms with E-state index in [9.17, 15) is 0 Å². The van der Waals surface area contributed by atoms with Gasteiger partial charge in [-0.2, -0.15) is 4.80 Å². The monoisotopic (exact) mass is 222 g/mol. The van der Waals surface area contributed by atoms with Gasteiger partial charge in [-0.1, -0.05) is 6.42 Å². The zero-order chi connectivity index (χ0) is 11.1. The second kappa shape index (κ2) is 3.78. The molecule has 2 fully saturated rings. The van der Waals surface area contributed by atoms with Crippen LogP contribution in [-0.2, 0) is 13.5 Å². The number of rotatable bonds is 4. The Morgan fingerprint density at radius 1 is 1.50 bits per heavy atom. The lowest BCUT2D eigenvalue weighted by Gasteiger charge is -2.15. The summed E-state index contributed by atoms with van der Waals surface area (Å²) >= 11 is 0. The molecule has 0 bridgehead atoms. The summed E-state index contributed by atoms with van der Waals surface area (Å²) in [6.07, 6.45) is 4.94. The Morgan fingerprint density at radius 2 is 2.25 bits per heavy atom. The maximum Gasteiger partial charge on any atom is 0.176 e. The van der Waals surface area contributed by atoms with Crippen molar-refractivity contribution in [2.45, 2.75) is 31.7 Å². The number of hydrogen-bond donors (Lipinski definition) is 2. The van der Waals surface area contributed by atoms with Crippen molar-refractivity contribution in [1.29, 1.82) is 0 Å². The van der Waals surface area contributed by atoms with Gasteiger partial charge in [-0.05, 0) is 35.8 Å². The van der Waals surface area contributed by atoms with Gasteiger partial charge >= 0.3 is 0 Å². The number of aryl methyl sites for hydroxylation is 1. The Morgan fingerprint density at radius 3 is 2.81 bits per heavy atom. The summed E-state index contributed by atoms with van der Waals surface area (Å²) in [5.74, 6) is 8.97. The van der Waals surface area contributed by atoms with Crippen molar-refractivity contribution >= 4 is 0 Å². The van der Waals surface area contributed by atoms with Gasteiger partial charge in [0.15, 0.2) is 5.82 Å². The van der Waals surface area contributed by atoms with Gasteiger partial charge in [0.05, 0.1) is 7.05 Å². The first kappa shape index (κ1) is 10.2. The summed E-state index contributed by atoms with van der Waals surface area (Å²) in [5.41, 5.74) is 2.93. The molecule has 6 nitrogen and oxygen atoms in total. The molecule has 88 valence electrons. The maximum absolute atomic E-state index is 5.64. The predicted octanol–water partition coefficient (Wildman–Crippen LogP) is -0.369. The van der Waals surface area contributed by atoms with Crippen molar-refractivity contribution in [3.8, 4) is 0 Å². The van der Waals surface area contributed by atoms with Crippen molar-refractivity contribution in [3.05, 3.63) is 5.82 Å². The lowest BCUT2D eigenvalue weighted by molar-refractivity contribution is 0.404. The minimum atomic E-state index is 0.319. The van der Waals surface area contributed by atoms with Crippen LogP contribution in [0.25, 0.3) is 0 Å². The smallest absolute Gasteiger partial charge is 0.176 e. The van der Waals surface area contributed by atoms with E-state index in [0.29, 0.717) is 6.04 Å². The van der Waals surface area contributed by atoms with Crippen LogP contribution >= 0.6 is 0 Å². The second-order valence-electron chi connectivity index (χ2n) is 5.01. The van der Waals surface area contributed by atoms with Crippen LogP contribution in [0.15, 0.2) is 0 Å². The first-order chi connectivity index (χ1) is 7.79. The molecule has 3 atom stereocenters. The number of nitrogens with one attached hydrogen (secondary N) is 1. The Bertz CT molecular complexity index is 365. The van der Waals surface area contributed by atoms with Crippen LogP contribution in [0.1, 0.15) is 25.1 Å². The summed E-state index contributed by atoms with van der Waals surface area (Å²) in [7, 11) is 1.78. The van der Waals surface area contributed by atoms with E-state index in [4.69, 9.17) is 5.84 Å². The van der Waals surface area contributed by atoms with E-state index in [1.807, 2.05) is 0 Å². The highest BCUT2D eigenvalue weighted by Gasteiger charge is 2.55. The standard InChI is InChI=1S/C10H18N6/c1-16-14-9(13-15-16)5-8(12-11)10-6-3-2-4-7(6)10/h6-8,10,12H,2-5,11H2,1H3. The Balaban J connectivity index is 1.64. The molecule has 3 rings (SSSR count). The summed E-state index contributed by atoms with van der Waals surface area (Å²) < 4.78 is 0. The lowest BCUT2D eigenvalue weighted by Crippen LogP contribution is -2.40. The number of tetrazole rings is 1. The molecular formula is C10H18N6. The molecule has 6 heteroatoms. The van der Waals surface area contributed by atoms with Crippen LogP contribution in [0, 0.1) is 17.8 Å². The molecule has 0 spiro atoms. The van der Waals surface area contributed by atoms with Gasteiger partial charge in [0, 0.05) is 12.5 Å². The molecule has 3 N–H and O–H groups in total. The molecule has 2 saturated carbocycles. The zero-order valence-electron chi connectivity index (χ0n) is 9.50. The van der Waals surface area contributed by atoms with Gasteiger partial charge in [0.1, 0.15) is 0 Å². The Labute approximate surface area is 94.5 Å². The van der Waals surface area contributed by atoms with Crippen molar-refractivity contribution in [1.82, 2.24) is 25.6 Å². The first-order valence-corrected chi connectivity index (χ1v) is 5.98. The highest BCUT2D eigenvalue weighted by Crippen LogP contribution is 2.59. The van der Waals surface area contributed by atoms with E-state index in [1.54, 1.807) is 7.05 Å². The molecule has 0 aliphatic heterocycles. The average molecular weight is 222 g/mol. The highest BCUT2D eigenvalue weighted by atomic mass is 15.6. The fourth-order valence-corrected chi connectivity index (χ4v) is 3.38. The van der Waals surface area contributed by atoms with E-state index >= 15 is 0 Å². The number of nitrogens with two attached hydrogens (primary N) is 1. The number of aromatic nitrogens is 4. The third-order valence-corrected chi connectivity index (χ3v) is 4.10. The number of hydrazine groups is 1. The molecule has 0 amide bonds. The van der Waals surface area contributed by atoms with Crippen LogP contribution in [0.4, 0.5) is 0 Å². The van der Waals surface area contributed by atoms with E-state index in [0.717, 1.165) is 30.0 Å². The number of nitrogens with zero attached hydrogens (tertiary/aromatic N) is 4. The van der Waals surface area contributed by atoms with Crippen LogP contribution in [0.5, 0.6) is 0 Å². The molecule has 2 aliphatic rings.